The minimum atomic E-state index is -0.313. The van der Waals surface area contributed by atoms with E-state index >= 15 is 0 Å². The first-order valence-electron chi connectivity index (χ1n) is 5.99. The minimum Gasteiger partial charge on any atom is -0.488 e. The molecule has 4 nitrogen and oxygen atoms in total. The maximum atomic E-state index is 9.72. The van der Waals surface area contributed by atoms with Gasteiger partial charge in [-0.2, -0.15) is 5.10 Å². The predicted molar refractivity (Wildman–Crippen MR) is 63.5 cm³/mol. The molecule has 4 heteroatoms. The molecule has 1 aromatic rings. The molecular formula is C12H22N2O2. The van der Waals surface area contributed by atoms with Gasteiger partial charge in [0.2, 0.25) is 0 Å². The molecule has 0 spiro atoms. The maximum Gasteiger partial charge on any atom is 0.157 e. The number of hydrogen-bond donors (Lipinski definition) is 1. The number of unbranched alkanes of at least 4 members (excludes halogenated alkanes) is 1. The lowest BCUT2D eigenvalue weighted by Gasteiger charge is -2.09. The Balaban J connectivity index is 2.39. The summed E-state index contributed by atoms with van der Waals surface area (Å²) in [6, 6.07) is 0. The Bertz CT molecular complexity index is 297. The molecule has 0 saturated heterocycles. The fourth-order valence-corrected chi connectivity index (χ4v) is 1.52. The van der Waals surface area contributed by atoms with Gasteiger partial charge in [-0.25, -0.2) is 0 Å². The van der Waals surface area contributed by atoms with Crippen molar-refractivity contribution in [2.45, 2.75) is 58.8 Å². The molecule has 1 N–H and O–H groups in total. The Hall–Kier alpha value is -1.03. The monoisotopic (exact) mass is 226 g/mol. The summed E-state index contributed by atoms with van der Waals surface area (Å²) in [6.07, 6.45) is 6.35. The maximum absolute atomic E-state index is 9.72. The van der Waals surface area contributed by atoms with Crippen LogP contribution < -0.4 is 4.74 Å². The number of hydrogen-bond acceptors (Lipinski definition) is 3. The van der Waals surface area contributed by atoms with E-state index < -0.39 is 0 Å². The van der Waals surface area contributed by atoms with Crippen LogP contribution in [-0.2, 0) is 6.54 Å². The van der Waals surface area contributed by atoms with Crippen LogP contribution in [0.5, 0.6) is 5.75 Å². The molecule has 1 aromatic heterocycles. The molecule has 0 radical (unpaired) electrons. The zero-order valence-corrected chi connectivity index (χ0v) is 10.4. The summed E-state index contributed by atoms with van der Waals surface area (Å²) in [6.45, 7) is 6.62. The van der Waals surface area contributed by atoms with E-state index in [1.807, 2.05) is 20.0 Å². The van der Waals surface area contributed by atoms with Crippen molar-refractivity contribution >= 4 is 0 Å². The zero-order chi connectivity index (χ0) is 12.0. The molecule has 0 aliphatic rings. The van der Waals surface area contributed by atoms with Gasteiger partial charge in [-0.05, 0) is 20.3 Å². The van der Waals surface area contributed by atoms with E-state index in [1.165, 1.54) is 0 Å². The molecule has 0 saturated carbocycles. The molecule has 16 heavy (non-hydrogen) atoms. The van der Waals surface area contributed by atoms with E-state index in [4.69, 9.17) is 4.74 Å². The normalized spacial score (nSPS) is 13.1. The third-order valence-electron chi connectivity index (χ3n) is 2.27. The van der Waals surface area contributed by atoms with E-state index in [-0.39, 0.29) is 12.2 Å². The first-order valence-corrected chi connectivity index (χ1v) is 5.99. The number of aliphatic hydroxyl groups is 1. The Morgan fingerprint density at radius 2 is 2.25 bits per heavy atom. The van der Waals surface area contributed by atoms with Crippen LogP contribution in [0.2, 0.25) is 0 Å². The Morgan fingerprint density at radius 3 is 2.88 bits per heavy atom. The van der Waals surface area contributed by atoms with Crippen LogP contribution in [-0.4, -0.2) is 27.1 Å². The molecule has 0 aromatic carbocycles. The second-order valence-electron chi connectivity index (χ2n) is 4.36. The molecule has 0 amide bonds. The molecule has 0 aliphatic carbocycles. The van der Waals surface area contributed by atoms with E-state index in [0.717, 1.165) is 25.0 Å². The van der Waals surface area contributed by atoms with Gasteiger partial charge in [0, 0.05) is 0 Å². The summed E-state index contributed by atoms with van der Waals surface area (Å²) in [7, 11) is 0. The molecule has 1 heterocycles. The predicted octanol–water partition coefficient (Wildman–Crippen LogP) is 2.22. The number of aliphatic hydroxyl groups excluding tert-OH is 1. The molecule has 0 fully saturated rings. The first-order chi connectivity index (χ1) is 7.61. The highest BCUT2D eigenvalue weighted by molar-refractivity contribution is 5.11. The van der Waals surface area contributed by atoms with E-state index in [2.05, 4.69) is 12.0 Å². The number of ether oxygens (including phenoxy) is 1. The lowest BCUT2D eigenvalue weighted by Crippen LogP contribution is -2.16. The van der Waals surface area contributed by atoms with Crippen LogP contribution in [0.1, 0.15) is 40.0 Å². The van der Waals surface area contributed by atoms with Gasteiger partial charge in [0.25, 0.3) is 0 Å². The van der Waals surface area contributed by atoms with Crippen molar-refractivity contribution in [3.8, 4) is 5.75 Å². The average molecular weight is 226 g/mol. The third kappa shape index (κ3) is 4.66. The summed E-state index contributed by atoms with van der Waals surface area (Å²) in [4.78, 5) is 0. The topological polar surface area (TPSA) is 47.3 Å². The second kappa shape index (κ2) is 6.53. The number of nitrogens with zero attached hydrogens (tertiary/aromatic N) is 2. The lowest BCUT2D eigenvalue weighted by molar-refractivity contribution is 0.137. The third-order valence-corrected chi connectivity index (χ3v) is 2.27. The van der Waals surface area contributed by atoms with Crippen LogP contribution in [0.4, 0.5) is 0 Å². The van der Waals surface area contributed by atoms with E-state index in [0.29, 0.717) is 6.54 Å². The average Bonchev–Trinajstić information content (AvgIpc) is 2.61. The van der Waals surface area contributed by atoms with Crippen molar-refractivity contribution in [1.82, 2.24) is 9.78 Å². The number of rotatable bonds is 7. The molecule has 1 atom stereocenters. The van der Waals surface area contributed by atoms with Gasteiger partial charge in [-0.3, -0.25) is 4.68 Å². The quantitative estimate of drug-likeness (QED) is 0.775. The van der Waals surface area contributed by atoms with Crippen LogP contribution in [0.15, 0.2) is 12.4 Å². The summed E-state index contributed by atoms with van der Waals surface area (Å²) in [5, 5.41) is 13.9. The number of aromatic nitrogens is 2. The molecule has 1 unspecified atom stereocenters. The highest BCUT2D eigenvalue weighted by Crippen LogP contribution is 2.11. The van der Waals surface area contributed by atoms with Gasteiger partial charge in [0.05, 0.1) is 31.1 Å². The lowest BCUT2D eigenvalue weighted by atomic mass is 10.2. The molecule has 1 rings (SSSR count). The van der Waals surface area contributed by atoms with Gasteiger partial charge >= 0.3 is 0 Å². The van der Waals surface area contributed by atoms with E-state index in [9.17, 15) is 5.11 Å². The molecular weight excluding hydrogens is 204 g/mol. The summed E-state index contributed by atoms with van der Waals surface area (Å²) < 4.78 is 7.23. The van der Waals surface area contributed by atoms with Crippen molar-refractivity contribution in [2.24, 2.45) is 0 Å². The van der Waals surface area contributed by atoms with Crippen molar-refractivity contribution in [3.05, 3.63) is 12.4 Å². The van der Waals surface area contributed by atoms with Crippen molar-refractivity contribution in [3.63, 3.8) is 0 Å². The Morgan fingerprint density at radius 1 is 1.50 bits per heavy atom. The summed E-state index contributed by atoms with van der Waals surface area (Å²) in [5.74, 6) is 0.762. The minimum absolute atomic E-state index is 0.155. The second-order valence-corrected chi connectivity index (χ2v) is 4.36. The van der Waals surface area contributed by atoms with E-state index in [1.54, 1.807) is 10.9 Å². The fourth-order valence-electron chi connectivity index (χ4n) is 1.52. The molecule has 92 valence electrons. The molecule has 0 aliphatic heterocycles. The smallest absolute Gasteiger partial charge is 0.157 e. The zero-order valence-electron chi connectivity index (χ0n) is 10.4. The summed E-state index contributed by atoms with van der Waals surface area (Å²) >= 11 is 0. The molecule has 0 bridgehead atoms. The SMILES string of the molecule is CCCCC(O)Cn1cc(OC(C)C)cn1. The van der Waals surface area contributed by atoms with Gasteiger partial charge in [-0.1, -0.05) is 19.8 Å². The standard InChI is InChI=1S/C12H22N2O2/c1-4-5-6-11(15)8-14-9-12(7-13-14)16-10(2)3/h7,9-11,15H,4-6,8H2,1-3H3. The van der Waals surface area contributed by atoms with Crippen molar-refractivity contribution < 1.29 is 9.84 Å². The van der Waals surface area contributed by atoms with Crippen molar-refractivity contribution in [1.29, 1.82) is 0 Å². The van der Waals surface area contributed by atoms with Gasteiger partial charge < -0.3 is 9.84 Å². The van der Waals surface area contributed by atoms with Crippen LogP contribution in [0, 0.1) is 0 Å². The first kappa shape index (κ1) is 13.0. The van der Waals surface area contributed by atoms with Gasteiger partial charge in [0.1, 0.15) is 0 Å². The van der Waals surface area contributed by atoms with Crippen molar-refractivity contribution in [2.75, 3.05) is 0 Å². The van der Waals surface area contributed by atoms with Gasteiger partial charge in [0.15, 0.2) is 5.75 Å². The van der Waals surface area contributed by atoms with Crippen LogP contribution in [0.3, 0.4) is 0 Å². The van der Waals surface area contributed by atoms with Crippen LogP contribution in [0.25, 0.3) is 0 Å². The Labute approximate surface area is 97.2 Å². The highest BCUT2D eigenvalue weighted by Gasteiger charge is 2.07. The highest BCUT2D eigenvalue weighted by atomic mass is 16.5. The fraction of sp³-hybridized carbons (Fsp3) is 0.750. The summed E-state index contributed by atoms with van der Waals surface area (Å²) in [5.41, 5.74) is 0. The Kier molecular flexibility index (Phi) is 5.32. The van der Waals surface area contributed by atoms with Gasteiger partial charge in [-0.15, -0.1) is 0 Å². The van der Waals surface area contributed by atoms with Crippen LogP contribution >= 0.6 is 0 Å². The largest absolute Gasteiger partial charge is 0.488 e.